The van der Waals surface area contributed by atoms with Crippen LogP contribution in [0.4, 0.5) is 5.69 Å². The zero-order valence-corrected chi connectivity index (χ0v) is 19.8. The number of aliphatic hydroxyl groups is 1. The number of ketones is 1. The summed E-state index contributed by atoms with van der Waals surface area (Å²) in [5, 5.41) is 11.3. The van der Waals surface area contributed by atoms with Crippen molar-refractivity contribution in [3.63, 3.8) is 0 Å². The summed E-state index contributed by atoms with van der Waals surface area (Å²) in [4.78, 5) is 32.1. The zero-order chi connectivity index (χ0) is 24.4. The van der Waals surface area contributed by atoms with E-state index in [4.69, 9.17) is 4.74 Å². The van der Waals surface area contributed by atoms with Gasteiger partial charge in [0.2, 0.25) is 0 Å². The fourth-order valence-corrected chi connectivity index (χ4v) is 4.05. The van der Waals surface area contributed by atoms with Crippen LogP contribution in [-0.4, -0.2) is 28.4 Å². The van der Waals surface area contributed by atoms with Gasteiger partial charge in [-0.25, -0.2) is 0 Å². The second-order valence-electron chi connectivity index (χ2n) is 8.97. The number of carbonyl (C=O) groups is 2. The highest BCUT2D eigenvalue weighted by Gasteiger charge is 2.47. The van der Waals surface area contributed by atoms with Gasteiger partial charge in [-0.1, -0.05) is 26.0 Å². The molecule has 34 heavy (non-hydrogen) atoms. The van der Waals surface area contributed by atoms with Gasteiger partial charge in [-0.2, -0.15) is 0 Å². The van der Waals surface area contributed by atoms with Crippen molar-refractivity contribution in [1.29, 1.82) is 0 Å². The van der Waals surface area contributed by atoms with E-state index >= 15 is 0 Å². The van der Waals surface area contributed by atoms with Gasteiger partial charge in [0.1, 0.15) is 11.5 Å². The molecule has 6 heteroatoms. The van der Waals surface area contributed by atoms with Crippen molar-refractivity contribution >= 4 is 23.1 Å². The van der Waals surface area contributed by atoms with E-state index in [1.807, 2.05) is 32.0 Å². The second-order valence-corrected chi connectivity index (χ2v) is 8.97. The Balaban J connectivity index is 1.83. The molecule has 2 heterocycles. The molecule has 0 bridgehead atoms. The summed E-state index contributed by atoms with van der Waals surface area (Å²) in [7, 11) is 0. The first-order valence-electron chi connectivity index (χ1n) is 11.3. The summed E-state index contributed by atoms with van der Waals surface area (Å²) in [5.41, 5.74) is 3.64. The minimum atomic E-state index is -0.777. The van der Waals surface area contributed by atoms with E-state index in [1.54, 1.807) is 48.8 Å². The van der Waals surface area contributed by atoms with E-state index in [1.165, 1.54) is 4.90 Å². The highest BCUT2D eigenvalue weighted by Crippen LogP contribution is 2.43. The number of hydrogen-bond acceptors (Lipinski definition) is 5. The number of nitrogens with zero attached hydrogens (tertiary/aromatic N) is 2. The molecule has 6 nitrogen and oxygen atoms in total. The molecule has 1 atom stereocenters. The molecule has 1 aliphatic rings. The van der Waals surface area contributed by atoms with Crippen LogP contribution >= 0.6 is 0 Å². The van der Waals surface area contributed by atoms with Crippen LogP contribution in [0.3, 0.4) is 0 Å². The topological polar surface area (TPSA) is 79.7 Å². The van der Waals surface area contributed by atoms with Crippen molar-refractivity contribution in [2.45, 2.75) is 33.7 Å². The van der Waals surface area contributed by atoms with Gasteiger partial charge in [0.15, 0.2) is 0 Å². The van der Waals surface area contributed by atoms with Crippen molar-refractivity contribution < 1.29 is 19.4 Å². The fraction of sp³-hybridized carbons (Fsp3) is 0.250. The van der Waals surface area contributed by atoms with Crippen LogP contribution in [0.1, 0.15) is 42.1 Å². The predicted molar refractivity (Wildman–Crippen MR) is 132 cm³/mol. The summed E-state index contributed by atoms with van der Waals surface area (Å²) in [6, 6.07) is 15.4. The third kappa shape index (κ3) is 4.44. The number of aryl methyl sites for hydroxylation is 2. The average molecular weight is 457 g/mol. The van der Waals surface area contributed by atoms with Crippen LogP contribution in [0.15, 0.2) is 72.6 Å². The number of benzene rings is 2. The molecular weight excluding hydrogens is 428 g/mol. The quantitative estimate of drug-likeness (QED) is 0.307. The van der Waals surface area contributed by atoms with Crippen molar-refractivity contribution in [2.75, 3.05) is 11.5 Å². The molecule has 1 aliphatic heterocycles. The van der Waals surface area contributed by atoms with E-state index in [0.717, 1.165) is 11.1 Å². The predicted octanol–water partition coefficient (Wildman–Crippen LogP) is 5.36. The van der Waals surface area contributed by atoms with E-state index < -0.39 is 17.7 Å². The molecular formula is C28H28N2O4. The van der Waals surface area contributed by atoms with Crippen molar-refractivity contribution in [3.8, 4) is 5.75 Å². The van der Waals surface area contributed by atoms with Gasteiger partial charge in [0.05, 0.1) is 18.2 Å². The number of rotatable bonds is 6. The minimum absolute atomic E-state index is 0.0490. The smallest absolute Gasteiger partial charge is 0.300 e. The molecule has 3 aromatic rings. The molecule has 1 unspecified atom stereocenters. The molecule has 1 aromatic heterocycles. The van der Waals surface area contributed by atoms with Crippen LogP contribution in [-0.2, 0) is 9.59 Å². The summed E-state index contributed by atoms with van der Waals surface area (Å²) < 4.78 is 5.72. The minimum Gasteiger partial charge on any atom is -0.507 e. The average Bonchev–Trinajstić information content (AvgIpc) is 3.10. The van der Waals surface area contributed by atoms with Crippen molar-refractivity contribution in [2.24, 2.45) is 5.92 Å². The first-order valence-corrected chi connectivity index (χ1v) is 11.3. The molecule has 1 N–H and O–H groups in total. The maximum absolute atomic E-state index is 13.3. The van der Waals surface area contributed by atoms with Crippen molar-refractivity contribution in [3.05, 3.63) is 94.8 Å². The largest absolute Gasteiger partial charge is 0.507 e. The van der Waals surface area contributed by atoms with Gasteiger partial charge >= 0.3 is 0 Å². The van der Waals surface area contributed by atoms with Crippen LogP contribution < -0.4 is 9.64 Å². The van der Waals surface area contributed by atoms with Gasteiger partial charge < -0.3 is 9.84 Å². The molecule has 0 saturated carbocycles. The maximum Gasteiger partial charge on any atom is 0.300 e. The lowest BCUT2D eigenvalue weighted by Gasteiger charge is -2.27. The number of anilines is 1. The lowest BCUT2D eigenvalue weighted by atomic mass is 9.95. The lowest BCUT2D eigenvalue weighted by Crippen LogP contribution is -2.30. The number of Topliss-reactive ketones (excluding diaryl/α,β-unsaturated/α-hetero) is 1. The number of aliphatic hydroxyl groups excluding tert-OH is 1. The lowest BCUT2D eigenvalue weighted by molar-refractivity contribution is -0.132. The van der Waals surface area contributed by atoms with E-state index in [2.05, 4.69) is 18.8 Å². The first-order chi connectivity index (χ1) is 16.3. The number of aromatic nitrogens is 1. The maximum atomic E-state index is 13.3. The Kier molecular flexibility index (Phi) is 6.50. The number of carbonyl (C=O) groups excluding carboxylic acids is 2. The number of amides is 1. The Morgan fingerprint density at radius 2 is 1.71 bits per heavy atom. The second kappa shape index (κ2) is 9.51. The Hall–Kier alpha value is -3.93. The highest BCUT2D eigenvalue weighted by atomic mass is 16.5. The summed E-state index contributed by atoms with van der Waals surface area (Å²) >= 11 is 0. The van der Waals surface area contributed by atoms with E-state index in [-0.39, 0.29) is 11.3 Å². The van der Waals surface area contributed by atoms with Crippen LogP contribution in [0.25, 0.3) is 5.76 Å². The molecule has 2 aromatic carbocycles. The standard InChI is InChI=1S/C28H28N2O4/c1-17(2)16-34-22-9-7-21(8-10-22)26(31)24-25(20-11-13-29-14-12-20)30(28(33)27(24)32)23-15-18(3)5-6-19(23)4/h5-15,17,25,31H,16H2,1-4H3/b26-24+. The zero-order valence-electron chi connectivity index (χ0n) is 19.8. The van der Waals surface area contributed by atoms with Crippen LogP contribution in [0.5, 0.6) is 5.75 Å². The first kappa shape index (κ1) is 23.2. The van der Waals surface area contributed by atoms with Gasteiger partial charge in [0, 0.05) is 23.6 Å². The molecule has 0 aliphatic carbocycles. The van der Waals surface area contributed by atoms with E-state index in [0.29, 0.717) is 35.1 Å². The Morgan fingerprint density at radius 1 is 1.03 bits per heavy atom. The number of pyridine rings is 1. The fourth-order valence-electron chi connectivity index (χ4n) is 4.05. The third-order valence-corrected chi connectivity index (χ3v) is 5.80. The molecule has 174 valence electrons. The molecule has 4 rings (SSSR count). The van der Waals surface area contributed by atoms with Crippen LogP contribution in [0, 0.1) is 19.8 Å². The van der Waals surface area contributed by atoms with Gasteiger partial charge in [0.25, 0.3) is 11.7 Å². The Bertz CT molecular complexity index is 1250. The van der Waals surface area contributed by atoms with Gasteiger partial charge in [-0.3, -0.25) is 19.5 Å². The summed E-state index contributed by atoms with van der Waals surface area (Å²) in [5.74, 6) is -0.557. The molecule has 0 radical (unpaired) electrons. The molecule has 1 amide bonds. The number of ether oxygens (including phenoxy) is 1. The van der Waals surface area contributed by atoms with E-state index in [9.17, 15) is 14.7 Å². The molecule has 1 saturated heterocycles. The summed E-state index contributed by atoms with van der Waals surface area (Å²) in [6.07, 6.45) is 3.22. The number of hydrogen-bond donors (Lipinski definition) is 1. The van der Waals surface area contributed by atoms with Crippen molar-refractivity contribution in [1.82, 2.24) is 4.98 Å². The normalized spacial score (nSPS) is 17.4. The SMILES string of the molecule is Cc1ccc(C)c(N2C(=O)C(=O)/C(=C(/O)c3ccc(OCC(C)C)cc3)C2c2ccncc2)c1. The third-order valence-electron chi connectivity index (χ3n) is 5.80. The Labute approximate surface area is 199 Å². The molecule has 0 spiro atoms. The summed E-state index contributed by atoms with van der Waals surface area (Å²) in [6.45, 7) is 8.54. The van der Waals surface area contributed by atoms with Gasteiger partial charge in [-0.05, 0) is 78.9 Å². The Morgan fingerprint density at radius 3 is 2.35 bits per heavy atom. The highest BCUT2D eigenvalue weighted by molar-refractivity contribution is 6.51. The van der Waals surface area contributed by atoms with Crippen LogP contribution in [0.2, 0.25) is 0 Å². The molecule has 1 fully saturated rings. The van der Waals surface area contributed by atoms with Gasteiger partial charge in [-0.15, -0.1) is 0 Å². The monoisotopic (exact) mass is 456 g/mol.